The third-order valence-electron chi connectivity index (χ3n) is 23.7. The number of ether oxygens (including phenoxy) is 5. The number of carbonyl (C=O) groups excluding carboxylic acids is 6. The van der Waals surface area contributed by atoms with E-state index in [9.17, 15) is 86.2 Å². The van der Waals surface area contributed by atoms with E-state index in [0.29, 0.717) is 102 Å². The third-order valence-corrected chi connectivity index (χ3v) is 23.7. The number of carbonyl (C=O) groups is 7. The van der Waals surface area contributed by atoms with Crippen molar-refractivity contribution in [1.82, 2.24) is 0 Å². The minimum Gasteiger partial charge on any atom is -0.483 e. The first-order chi connectivity index (χ1) is 60.5. The number of Topliss-reactive ketones (excluding diaryl/α,β-unsaturated/α-hetero) is 2. The number of nitrogens with zero attached hydrogens (tertiary/aromatic N) is 4. The van der Waals surface area contributed by atoms with Gasteiger partial charge in [0.1, 0.15) is 34.6 Å². The number of alkyl halides is 12. The van der Waals surface area contributed by atoms with Crippen LogP contribution in [0.5, 0.6) is 23.0 Å². The summed E-state index contributed by atoms with van der Waals surface area (Å²) in [5.74, 6) is -2.46. The van der Waals surface area contributed by atoms with E-state index in [2.05, 4.69) is 44.3 Å². The number of carboxylic acid groups (broad SMARTS) is 1. The van der Waals surface area contributed by atoms with E-state index in [1.165, 1.54) is 63.4 Å². The Kier molecular flexibility index (Phi) is 32.8. The predicted molar refractivity (Wildman–Crippen MR) is 491 cm³/mol. The Bertz CT molecular complexity index is 5730. The number of rotatable bonds is 23. The van der Waals surface area contributed by atoms with Gasteiger partial charge in [-0.25, -0.2) is 4.79 Å². The SMILES string of the molecule is C.C=C1CC(C)(C)c2cc(C)c(-c3cc(CCC(=O)O)ccc3OC(F)(F)F)cc2N1CC.CC(=O)CCc1ccc(OC(F)(F)F)c(-c2cc3c(cc2C)C(C)(C)CC(=O)N3C(C)C)c1.CC(=O)CCc1ccc(OC(F)(F)F)c(-c2cc3c(cc2C)C(C)(C)CC(=O)N3C)c1.COC(=O)/C=C/c1ccc(OCC(F)(F)F)c(-c2cc3c(cc2C)C(C)(C)CC(=O)N3C(C)C)c1. The van der Waals surface area contributed by atoms with Gasteiger partial charge in [-0.3, -0.25) is 19.2 Å². The number of aliphatic carboxylic acids is 1. The molecular formula is C103H118F12N4O13. The zero-order valence-electron chi connectivity index (χ0n) is 77.7. The largest absolute Gasteiger partial charge is 0.573 e. The highest BCUT2D eigenvalue weighted by Gasteiger charge is 2.44. The maximum Gasteiger partial charge on any atom is 0.573 e. The molecule has 712 valence electrons. The first-order valence-corrected chi connectivity index (χ1v) is 43.0. The van der Waals surface area contributed by atoms with E-state index in [1.54, 1.807) is 76.3 Å². The van der Waals surface area contributed by atoms with Crippen molar-refractivity contribution in [3.05, 3.63) is 206 Å². The van der Waals surface area contributed by atoms with Crippen molar-refractivity contribution in [3.8, 4) is 67.5 Å². The lowest BCUT2D eigenvalue weighted by atomic mass is 9.75. The lowest BCUT2D eigenvalue weighted by Crippen LogP contribution is -2.45. The Morgan fingerprint density at radius 2 is 0.780 bits per heavy atom. The number of ketones is 2. The van der Waals surface area contributed by atoms with Gasteiger partial charge in [0.15, 0.2) is 6.61 Å². The van der Waals surface area contributed by atoms with E-state index < -0.39 is 49.2 Å². The van der Waals surface area contributed by atoms with E-state index in [-0.39, 0.29) is 118 Å². The molecule has 17 nitrogen and oxygen atoms in total. The van der Waals surface area contributed by atoms with Gasteiger partial charge >= 0.3 is 37.2 Å². The van der Waals surface area contributed by atoms with Crippen molar-refractivity contribution in [2.75, 3.05) is 46.9 Å². The van der Waals surface area contributed by atoms with Crippen LogP contribution in [0.25, 0.3) is 50.6 Å². The lowest BCUT2D eigenvalue weighted by Gasteiger charge is -2.42. The molecule has 0 saturated carbocycles. The number of carboxylic acids is 1. The van der Waals surface area contributed by atoms with Crippen LogP contribution >= 0.6 is 0 Å². The Morgan fingerprint density at radius 1 is 0.455 bits per heavy atom. The van der Waals surface area contributed by atoms with Crippen LogP contribution in [0.1, 0.15) is 223 Å². The quantitative estimate of drug-likeness (QED) is 0.0360. The van der Waals surface area contributed by atoms with Crippen molar-refractivity contribution in [3.63, 3.8) is 0 Å². The minimum absolute atomic E-state index is 0. The average Bonchev–Trinajstić information content (AvgIpc) is 0.755. The summed E-state index contributed by atoms with van der Waals surface area (Å²) in [6.45, 7) is 39.8. The maximum atomic E-state index is 13.2. The number of halogens is 12. The summed E-state index contributed by atoms with van der Waals surface area (Å²) in [6, 6.07) is 33.0. The number of esters is 1. The Morgan fingerprint density at radius 3 is 1.12 bits per heavy atom. The molecule has 0 spiro atoms. The van der Waals surface area contributed by atoms with Crippen LogP contribution in [0.3, 0.4) is 0 Å². The zero-order chi connectivity index (χ0) is 97.8. The fourth-order valence-corrected chi connectivity index (χ4v) is 17.3. The maximum absolute atomic E-state index is 13.2. The summed E-state index contributed by atoms with van der Waals surface area (Å²) in [7, 11) is 2.93. The van der Waals surface area contributed by atoms with E-state index in [1.807, 2.05) is 140 Å². The second-order valence-electron chi connectivity index (χ2n) is 36.9. The van der Waals surface area contributed by atoms with Crippen LogP contribution in [-0.2, 0) is 79.2 Å². The lowest BCUT2D eigenvalue weighted by molar-refractivity contribution is -0.275. The first kappa shape index (κ1) is 105. The van der Waals surface area contributed by atoms with Gasteiger partial charge in [-0.1, -0.05) is 118 Å². The summed E-state index contributed by atoms with van der Waals surface area (Å²) in [5.41, 5.74) is 16.4. The molecule has 8 aromatic rings. The third kappa shape index (κ3) is 26.1. The molecule has 0 aromatic heterocycles. The van der Waals surface area contributed by atoms with E-state index in [4.69, 9.17) is 9.84 Å². The number of allylic oxidation sites excluding steroid dienone is 1. The second-order valence-corrected chi connectivity index (χ2v) is 36.9. The molecule has 0 fully saturated rings. The number of fused-ring (bicyclic) bond motifs is 4. The van der Waals surface area contributed by atoms with E-state index in [0.717, 1.165) is 79.1 Å². The number of amides is 3. The fourth-order valence-electron chi connectivity index (χ4n) is 17.3. The molecule has 0 unspecified atom stereocenters. The van der Waals surface area contributed by atoms with Crippen molar-refractivity contribution in [2.24, 2.45) is 0 Å². The Labute approximate surface area is 764 Å². The standard InChI is InChI=1S/C27H30F3NO4.C26H30F3NO3.C25H28F3NO3.C24H26F3NO3.CH4/c1-16(2)31-22-13-19(17(3)11-21(22)26(4,5)14-24(31)32)20-12-18(8-10-25(33)34-6)7-9-23(20)35-15-27(28,29)30;1-15(2)30-22-13-19(16(3)11-21(22)25(5,6)14-24(30)32)20-12-18(8-7-17(4)31)9-10-23(20)33-26(27,28)29;1-6-29-16(3)14-24(4,5)20-11-15(2)18(13-21(20)29)19-12-17(8-10-23(30)31)7-9-22(19)32-25(26,27)28;1-14-10-19-20(28(5)22(30)13-23(19,3)4)12-17(14)18-11-16(7-6-15(2)29)8-9-21(18)31-24(25,26)27;/h7-13,16H,14-15H2,1-6H3;9-13,15H,7-8,14H2,1-6H3;7,9,11-13H,3,6,8,10,14H2,1-2,4-5H3,(H,30,31);8-12H,6-7,13H2,1-5H3;1H4/b10-8+;;;;. The number of hydrogen-bond acceptors (Lipinski definition) is 13. The fraction of sp³-hybridized carbons (Fsp3) is 0.427. The van der Waals surface area contributed by atoms with Crippen LogP contribution in [0.2, 0.25) is 0 Å². The summed E-state index contributed by atoms with van der Waals surface area (Å²) < 4.78 is 180. The van der Waals surface area contributed by atoms with Crippen LogP contribution in [0.4, 0.5) is 75.4 Å². The normalized spacial score (nSPS) is 15.4. The first-order valence-electron chi connectivity index (χ1n) is 43.0. The van der Waals surface area contributed by atoms with Gasteiger partial charge in [-0.15, -0.1) is 39.5 Å². The van der Waals surface area contributed by atoms with Gasteiger partial charge in [0.25, 0.3) is 0 Å². The molecule has 12 rings (SSSR count). The molecule has 0 aliphatic carbocycles. The van der Waals surface area contributed by atoms with Gasteiger partial charge in [-0.05, 0) is 275 Å². The molecule has 8 aromatic carbocycles. The van der Waals surface area contributed by atoms with Gasteiger partial charge in [0.05, 0.1) is 7.11 Å². The molecule has 4 aliphatic rings. The molecule has 0 atom stereocenters. The molecular weight excluding hydrogens is 1730 g/mol. The summed E-state index contributed by atoms with van der Waals surface area (Å²) >= 11 is 0. The smallest absolute Gasteiger partial charge is 0.483 e. The molecule has 29 heteroatoms. The van der Waals surface area contributed by atoms with Crippen LogP contribution < -0.4 is 38.5 Å². The average molecular weight is 1850 g/mol. The number of methoxy groups -OCH3 is 1. The van der Waals surface area contributed by atoms with E-state index >= 15 is 0 Å². The highest BCUT2D eigenvalue weighted by molar-refractivity contribution is 6.02. The topological polar surface area (TPSA) is 199 Å². The van der Waals surface area contributed by atoms with Gasteiger partial charge < -0.3 is 58.0 Å². The van der Waals surface area contributed by atoms with Crippen molar-refractivity contribution >= 4 is 70.1 Å². The number of benzene rings is 8. The molecule has 3 amide bonds. The summed E-state index contributed by atoms with van der Waals surface area (Å²) in [4.78, 5) is 90.8. The number of anilines is 4. The highest BCUT2D eigenvalue weighted by atomic mass is 19.4. The number of aryl methyl sites for hydroxylation is 7. The van der Waals surface area contributed by atoms with Crippen molar-refractivity contribution in [2.45, 2.75) is 262 Å². The van der Waals surface area contributed by atoms with Crippen LogP contribution in [0, 0.1) is 27.7 Å². The molecule has 0 bridgehead atoms. The molecule has 0 saturated heterocycles. The molecule has 132 heavy (non-hydrogen) atoms. The number of hydrogen-bond donors (Lipinski definition) is 1. The molecule has 4 heterocycles. The Hall–Kier alpha value is -11.9. The monoisotopic (exact) mass is 1850 g/mol. The minimum atomic E-state index is -4.85. The second kappa shape index (κ2) is 41.1. The van der Waals surface area contributed by atoms with Gasteiger partial charge in [0.2, 0.25) is 17.7 Å². The highest BCUT2D eigenvalue weighted by Crippen LogP contribution is 2.53. The molecule has 1 N–H and O–H groups in total. The van der Waals surface area contributed by atoms with Crippen molar-refractivity contribution in [1.29, 1.82) is 0 Å². The molecule has 4 aliphatic heterocycles. The van der Waals surface area contributed by atoms with Crippen molar-refractivity contribution < 1.29 is 115 Å². The van der Waals surface area contributed by atoms with Gasteiger partial charge in [0, 0.05) is 137 Å². The molecule has 0 radical (unpaired) electrons. The van der Waals surface area contributed by atoms with Gasteiger partial charge in [-0.2, -0.15) is 13.2 Å². The van der Waals surface area contributed by atoms with Crippen LogP contribution in [0.15, 0.2) is 140 Å². The van der Waals surface area contributed by atoms with Crippen LogP contribution in [-0.4, -0.2) is 111 Å². The Balaban J connectivity index is 0.000000216. The predicted octanol–water partition coefficient (Wildman–Crippen LogP) is 25.7. The summed E-state index contributed by atoms with van der Waals surface area (Å²) in [5, 5.41) is 8.99. The zero-order valence-corrected chi connectivity index (χ0v) is 77.7. The summed E-state index contributed by atoms with van der Waals surface area (Å²) in [6.07, 6.45) is -12.9.